The smallest absolute Gasteiger partial charge is 0.323 e. The summed E-state index contributed by atoms with van der Waals surface area (Å²) >= 11 is 0. The summed E-state index contributed by atoms with van der Waals surface area (Å²) in [4.78, 5) is 13.6. The first-order valence-corrected chi connectivity index (χ1v) is 6.64. The molecule has 0 spiro atoms. The molecule has 1 saturated heterocycles. The summed E-state index contributed by atoms with van der Waals surface area (Å²) in [7, 11) is 0. The normalized spacial score (nSPS) is 22.3. The van der Waals surface area contributed by atoms with Crippen molar-refractivity contribution in [1.82, 2.24) is 4.90 Å². The molecule has 1 N–H and O–H groups in total. The molecule has 0 aliphatic carbocycles. The van der Waals surface area contributed by atoms with Crippen LogP contribution in [-0.2, 0) is 9.53 Å². The minimum absolute atomic E-state index is 0.316. The second kappa shape index (κ2) is 6.36. The van der Waals surface area contributed by atoms with E-state index >= 15 is 0 Å². The molecule has 4 nitrogen and oxygen atoms in total. The molecule has 0 aromatic carbocycles. The van der Waals surface area contributed by atoms with Gasteiger partial charge in [0.15, 0.2) is 0 Å². The molecule has 4 heteroatoms. The zero-order chi connectivity index (χ0) is 12.9. The fourth-order valence-electron chi connectivity index (χ4n) is 2.64. The topological polar surface area (TPSA) is 49.8 Å². The highest BCUT2D eigenvalue weighted by atomic mass is 16.5. The Morgan fingerprint density at radius 1 is 1.41 bits per heavy atom. The number of hydrogen-bond acceptors (Lipinski definition) is 3. The van der Waals surface area contributed by atoms with Gasteiger partial charge in [-0.3, -0.25) is 9.69 Å². The molecule has 0 aromatic rings. The van der Waals surface area contributed by atoms with Crippen LogP contribution >= 0.6 is 0 Å². The van der Waals surface area contributed by atoms with Gasteiger partial charge in [-0.25, -0.2) is 0 Å². The average Bonchev–Trinajstić information content (AvgIpc) is 2.30. The second-order valence-electron chi connectivity index (χ2n) is 4.97. The lowest BCUT2D eigenvalue weighted by molar-refractivity contribution is -0.153. The summed E-state index contributed by atoms with van der Waals surface area (Å²) in [5.74, 6) is -0.700. The van der Waals surface area contributed by atoms with Gasteiger partial charge in [-0.05, 0) is 33.1 Å². The van der Waals surface area contributed by atoms with Gasteiger partial charge >= 0.3 is 5.97 Å². The Bertz CT molecular complexity index is 249. The average molecular weight is 243 g/mol. The molecule has 1 fully saturated rings. The third kappa shape index (κ3) is 3.42. The van der Waals surface area contributed by atoms with Crippen LogP contribution in [0.4, 0.5) is 0 Å². The SMILES string of the molecule is CCCC(C)(C(=O)O)N1CCC(OCC)CC1. The number of ether oxygens (including phenoxy) is 1. The number of rotatable bonds is 6. The van der Waals surface area contributed by atoms with Crippen LogP contribution in [0.3, 0.4) is 0 Å². The lowest BCUT2D eigenvalue weighted by Gasteiger charge is -2.42. The maximum Gasteiger partial charge on any atom is 0.323 e. The summed E-state index contributed by atoms with van der Waals surface area (Å²) in [5.41, 5.74) is -0.702. The molecule has 1 unspecified atom stereocenters. The van der Waals surface area contributed by atoms with Crippen LogP contribution in [0.1, 0.15) is 46.5 Å². The van der Waals surface area contributed by atoms with E-state index in [0.717, 1.165) is 39.0 Å². The maximum atomic E-state index is 11.4. The van der Waals surface area contributed by atoms with Crippen LogP contribution < -0.4 is 0 Å². The molecule has 17 heavy (non-hydrogen) atoms. The lowest BCUT2D eigenvalue weighted by atomic mass is 9.91. The molecule has 1 rings (SSSR count). The first-order valence-electron chi connectivity index (χ1n) is 6.64. The molecule has 100 valence electrons. The highest BCUT2D eigenvalue weighted by Gasteiger charge is 2.40. The monoisotopic (exact) mass is 243 g/mol. The van der Waals surface area contributed by atoms with Gasteiger partial charge in [-0.15, -0.1) is 0 Å². The van der Waals surface area contributed by atoms with Crippen LogP contribution in [0, 0.1) is 0 Å². The third-order valence-electron chi connectivity index (χ3n) is 3.74. The predicted octanol–water partition coefficient (Wildman–Crippen LogP) is 2.13. The highest BCUT2D eigenvalue weighted by Crippen LogP contribution is 2.26. The van der Waals surface area contributed by atoms with Crippen molar-refractivity contribution < 1.29 is 14.6 Å². The van der Waals surface area contributed by atoms with Crippen molar-refractivity contribution in [2.45, 2.75) is 58.1 Å². The zero-order valence-electron chi connectivity index (χ0n) is 11.2. The van der Waals surface area contributed by atoms with Crippen LogP contribution in [0.15, 0.2) is 0 Å². The van der Waals surface area contributed by atoms with E-state index in [4.69, 9.17) is 4.74 Å². The van der Waals surface area contributed by atoms with Crippen LogP contribution in [-0.4, -0.2) is 47.3 Å². The van der Waals surface area contributed by atoms with E-state index in [1.54, 1.807) is 0 Å². The molecule has 0 radical (unpaired) electrons. The summed E-state index contributed by atoms with van der Waals surface area (Å²) < 4.78 is 5.59. The molecule has 0 saturated carbocycles. The molecule has 0 bridgehead atoms. The fraction of sp³-hybridized carbons (Fsp3) is 0.923. The maximum absolute atomic E-state index is 11.4. The van der Waals surface area contributed by atoms with Gasteiger partial charge in [-0.1, -0.05) is 13.3 Å². The molecule has 1 aliphatic heterocycles. The Hall–Kier alpha value is -0.610. The molecule has 0 aromatic heterocycles. The van der Waals surface area contributed by atoms with E-state index in [1.165, 1.54) is 0 Å². The molecule has 1 atom stereocenters. The van der Waals surface area contributed by atoms with Crippen LogP contribution in [0.25, 0.3) is 0 Å². The molecule has 1 heterocycles. The van der Waals surface area contributed by atoms with Gasteiger partial charge in [0, 0.05) is 19.7 Å². The number of likely N-dealkylation sites (tertiary alicyclic amines) is 1. The Morgan fingerprint density at radius 2 is 2.00 bits per heavy atom. The summed E-state index contributed by atoms with van der Waals surface area (Å²) in [5, 5.41) is 9.41. The minimum atomic E-state index is -0.702. The van der Waals surface area contributed by atoms with Crippen molar-refractivity contribution in [3.8, 4) is 0 Å². The number of piperidine rings is 1. The molecule has 1 aliphatic rings. The van der Waals surface area contributed by atoms with Gasteiger partial charge in [0.2, 0.25) is 0 Å². The number of carboxylic acids is 1. The van der Waals surface area contributed by atoms with Crippen molar-refractivity contribution in [1.29, 1.82) is 0 Å². The number of hydrogen-bond donors (Lipinski definition) is 1. The number of carboxylic acid groups (broad SMARTS) is 1. The minimum Gasteiger partial charge on any atom is -0.480 e. The first-order chi connectivity index (χ1) is 8.04. The van der Waals surface area contributed by atoms with E-state index in [2.05, 4.69) is 4.90 Å². The van der Waals surface area contributed by atoms with Crippen LogP contribution in [0.5, 0.6) is 0 Å². The van der Waals surface area contributed by atoms with E-state index in [0.29, 0.717) is 12.5 Å². The van der Waals surface area contributed by atoms with E-state index in [-0.39, 0.29) is 0 Å². The van der Waals surface area contributed by atoms with E-state index in [9.17, 15) is 9.90 Å². The van der Waals surface area contributed by atoms with E-state index < -0.39 is 11.5 Å². The van der Waals surface area contributed by atoms with Crippen molar-refractivity contribution in [3.05, 3.63) is 0 Å². The number of carbonyl (C=O) groups is 1. The predicted molar refractivity (Wildman–Crippen MR) is 67.2 cm³/mol. The van der Waals surface area contributed by atoms with Crippen molar-refractivity contribution in [2.24, 2.45) is 0 Å². The van der Waals surface area contributed by atoms with Gasteiger partial charge in [0.1, 0.15) is 5.54 Å². The highest BCUT2D eigenvalue weighted by molar-refractivity contribution is 5.78. The standard InChI is InChI=1S/C13H25NO3/c1-4-8-13(3,12(15)16)14-9-6-11(7-10-14)17-5-2/h11H,4-10H2,1-3H3,(H,15,16). The summed E-state index contributed by atoms with van der Waals surface area (Å²) in [6, 6.07) is 0. The quantitative estimate of drug-likeness (QED) is 0.776. The first kappa shape index (κ1) is 14.5. The Kier molecular flexibility index (Phi) is 5.40. The Labute approximate surface area is 104 Å². The Balaban J connectivity index is 2.58. The van der Waals surface area contributed by atoms with E-state index in [1.807, 2.05) is 20.8 Å². The molecular formula is C13H25NO3. The van der Waals surface area contributed by atoms with Gasteiger partial charge in [0.25, 0.3) is 0 Å². The van der Waals surface area contributed by atoms with Gasteiger partial charge in [0.05, 0.1) is 6.10 Å². The summed E-state index contributed by atoms with van der Waals surface area (Å²) in [6.45, 7) is 8.29. The fourth-order valence-corrected chi connectivity index (χ4v) is 2.64. The van der Waals surface area contributed by atoms with Crippen molar-refractivity contribution in [3.63, 3.8) is 0 Å². The Morgan fingerprint density at radius 3 is 2.41 bits per heavy atom. The van der Waals surface area contributed by atoms with Crippen molar-refractivity contribution >= 4 is 5.97 Å². The number of aliphatic carboxylic acids is 1. The van der Waals surface area contributed by atoms with Gasteiger partial charge < -0.3 is 9.84 Å². The number of nitrogens with zero attached hydrogens (tertiary/aromatic N) is 1. The second-order valence-corrected chi connectivity index (χ2v) is 4.97. The summed E-state index contributed by atoms with van der Waals surface area (Å²) in [6.07, 6.45) is 3.81. The van der Waals surface area contributed by atoms with Crippen LogP contribution in [0.2, 0.25) is 0 Å². The molecule has 0 amide bonds. The van der Waals surface area contributed by atoms with Crippen molar-refractivity contribution in [2.75, 3.05) is 19.7 Å². The lowest BCUT2D eigenvalue weighted by Crippen LogP contribution is -2.55. The largest absolute Gasteiger partial charge is 0.480 e. The molecular weight excluding hydrogens is 218 g/mol. The third-order valence-corrected chi connectivity index (χ3v) is 3.74. The zero-order valence-corrected chi connectivity index (χ0v) is 11.2. The van der Waals surface area contributed by atoms with Gasteiger partial charge in [-0.2, -0.15) is 0 Å².